The number of nitro benzene ring substituents is 1. The molecule has 1 unspecified atom stereocenters. The fraction of sp³-hybridized carbons (Fsp3) is 0.261. The Bertz CT molecular complexity index is 1150. The quantitative estimate of drug-likeness (QED) is 0.367. The molecule has 2 aromatic carbocycles. The van der Waals surface area contributed by atoms with Crippen molar-refractivity contribution >= 4 is 29.1 Å². The number of carbonyl (C=O) groups excluding carboxylic acids is 2. The summed E-state index contributed by atoms with van der Waals surface area (Å²) in [7, 11) is 0. The van der Waals surface area contributed by atoms with Crippen LogP contribution in [0.2, 0.25) is 5.02 Å². The predicted octanol–water partition coefficient (Wildman–Crippen LogP) is 3.55. The van der Waals surface area contributed by atoms with Crippen LogP contribution in [0.3, 0.4) is 0 Å². The van der Waals surface area contributed by atoms with Crippen molar-refractivity contribution in [3.05, 3.63) is 87.2 Å². The zero-order chi connectivity index (χ0) is 24.0. The van der Waals surface area contributed by atoms with Crippen molar-refractivity contribution in [1.82, 2.24) is 20.4 Å². The number of hydrogen-bond acceptors (Lipinski definition) is 5. The monoisotopic (exact) mass is 469 g/mol. The minimum absolute atomic E-state index is 0.0536. The summed E-state index contributed by atoms with van der Waals surface area (Å²) in [6.45, 7) is 3.97. The van der Waals surface area contributed by atoms with Crippen molar-refractivity contribution in [3.8, 4) is 5.69 Å². The minimum atomic E-state index is -0.806. The summed E-state index contributed by atoms with van der Waals surface area (Å²) in [6, 6.07) is 12.6. The van der Waals surface area contributed by atoms with E-state index in [0.29, 0.717) is 13.0 Å². The highest BCUT2D eigenvalue weighted by Gasteiger charge is 2.25. The van der Waals surface area contributed by atoms with Crippen LogP contribution in [0.1, 0.15) is 29.8 Å². The van der Waals surface area contributed by atoms with E-state index in [1.54, 1.807) is 24.7 Å². The van der Waals surface area contributed by atoms with Crippen LogP contribution in [0, 0.1) is 16.0 Å². The molecule has 1 atom stereocenters. The number of nitrogens with zero attached hydrogens (tertiary/aromatic N) is 3. The van der Waals surface area contributed by atoms with Crippen LogP contribution >= 0.6 is 11.6 Å². The Balaban J connectivity index is 1.58. The average Bonchev–Trinajstić information content (AvgIpc) is 3.26. The summed E-state index contributed by atoms with van der Waals surface area (Å²) in [4.78, 5) is 35.7. The molecule has 0 aliphatic rings. The molecule has 2 N–H and O–H groups in total. The average molecular weight is 470 g/mol. The topological polar surface area (TPSA) is 119 Å². The highest BCUT2D eigenvalue weighted by Crippen LogP contribution is 2.25. The second kappa shape index (κ2) is 10.7. The number of amides is 2. The van der Waals surface area contributed by atoms with Gasteiger partial charge in [0.25, 0.3) is 11.6 Å². The summed E-state index contributed by atoms with van der Waals surface area (Å²) in [5, 5.41) is 20.8. The molecule has 0 aliphatic carbocycles. The van der Waals surface area contributed by atoms with Gasteiger partial charge in [0.2, 0.25) is 5.91 Å². The van der Waals surface area contributed by atoms with Crippen molar-refractivity contribution in [1.29, 1.82) is 0 Å². The Kier molecular flexibility index (Phi) is 7.78. The third kappa shape index (κ3) is 6.17. The fourth-order valence-corrected chi connectivity index (χ4v) is 3.39. The van der Waals surface area contributed by atoms with Gasteiger partial charge in [-0.1, -0.05) is 43.6 Å². The van der Waals surface area contributed by atoms with E-state index in [-0.39, 0.29) is 28.1 Å². The summed E-state index contributed by atoms with van der Waals surface area (Å²) >= 11 is 5.80. The molecule has 1 aromatic heterocycles. The number of benzene rings is 2. The summed E-state index contributed by atoms with van der Waals surface area (Å²) < 4.78 is 1.76. The Labute approximate surface area is 195 Å². The lowest BCUT2D eigenvalue weighted by molar-refractivity contribution is -0.384. The van der Waals surface area contributed by atoms with Crippen molar-refractivity contribution in [2.24, 2.45) is 5.92 Å². The molecule has 9 nitrogen and oxygen atoms in total. The Morgan fingerprint density at radius 3 is 2.58 bits per heavy atom. The maximum atomic E-state index is 12.7. The van der Waals surface area contributed by atoms with Gasteiger partial charge in [-0.25, -0.2) is 4.68 Å². The molecule has 0 saturated carbocycles. The molecule has 2 amide bonds. The van der Waals surface area contributed by atoms with Gasteiger partial charge in [0, 0.05) is 24.4 Å². The van der Waals surface area contributed by atoms with E-state index in [2.05, 4.69) is 15.7 Å². The van der Waals surface area contributed by atoms with E-state index in [9.17, 15) is 19.7 Å². The molecular formula is C23H24ClN5O4. The van der Waals surface area contributed by atoms with E-state index >= 15 is 0 Å². The first-order chi connectivity index (χ1) is 15.8. The van der Waals surface area contributed by atoms with Gasteiger partial charge in [-0.15, -0.1) is 0 Å². The van der Waals surface area contributed by atoms with Crippen molar-refractivity contribution in [3.63, 3.8) is 0 Å². The summed E-state index contributed by atoms with van der Waals surface area (Å²) in [5.74, 6) is -1.12. The lowest BCUT2D eigenvalue weighted by Gasteiger charge is -2.21. The molecular weight excluding hydrogens is 446 g/mol. The van der Waals surface area contributed by atoms with E-state index in [1.807, 2.05) is 36.5 Å². The van der Waals surface area contributed by atoms with Crippen LogP contribution in [-0.4, -0.2) is 39.1 Å². The number of rotatable bonds is 9. The molecule has 3 aromatic rings. The third-order valence-corrected chi connectivity index (χ3v) is 5.33. The summed E-state index contributed by atoms with van der Waals surface area (Å²) in [6.07, 6.45) is 4.21. The number of hydrogen-bond donors (Lipinski definition) is 2. The molecule has 172 valence electrons. The minimum Gasteiger partial charge on any atom is -0.354 e. The maximum absolute atomic E-state index is 12.7. The lowest BCUT2D eigenvalue weighted by atomic mass is 10.0. The second-order valence-electron chi connectivity index (χ2n) is 7.79. The molecule has 10 heteroatoms. The number of nitrogens with one attached hydrogen (secondary N) is 2. The maximum Gasteiger partial charge on any atom is 0.288 e. The standard InChI is InChI=1S/C23H24ClN5O4/c1-15(2)21(27-22(30)17-8-9-19(24)20(12-17)29(32)33)23(31)25-11-10-16-13-26-28(14-16)18-6-4-3-5-7-18/h3-9,12-15,21H,10-11H2,1-2H3,(H,25,31)(H,27,30). The van der Waals surface area contributed by atoms with Gasteiger partial charge < -0.3 is 10.6 Å². The summed E-state index contributed by atoms with van der Waals surface area (Å²) in [5.41, 5.74) is 1.58. The van der Waals surface area contributed by atoms with E-state index in [1.165, 1.54) is 12.1 Å². The van der Waals surface area contributed by atoms with Gasteiger partial charge in [-0.3, -0.25) is 19.7 Å². The first-order valence-corrected chi connectivity index (χ1v) is 10.8. The number of para-hydroxylation sites is 1. The van der Waals surface area contributed by atoms with Crippen LogP contribution < -0.4 is 10.6 Å². The van der Waals surface area contributed by atoms with Gasteiger partial charge in [0.15, 0.2) is 0 Å². The van der Waals surface area contributed by atoms with Crippen molar-refractivity contribution < 1.29 is 14.5 Å². The number of halogens is 1. The van der Waals surface area contributed by atoms with E-state index < -0.39 is 16.9 Å². The first kappa shape index (κ1) is 23.9. The zero-order valence-electron chi connectivity index (χ0n) is 18.2. The smallest absolute Gasteiger partial charge is 0.288 e. The van der Waals surface area contributed by atoms with Crippen LogP contribution in [0.25, 0.3) is 5.69 Å². The fourth-order valence-electron chi connectivity index (χ4n) is 3.20. The molecule has 33 heavy (non-hydrogen) atoms. The molecule has 0 fully saturated rings. The predicted molar refractivity (Wildman–Crippen MR) is 124 cm³/mol. The van der Waals surface area contributed by atoms with Crippen molar-refractivity contribution in [2.75, 3.05) is 6.54 Å². The second-order valence-corrected chi connectivity index (χ2v) is 8.20. The Morgan fingerprint density at radius 1 is 1.18 bits per heavy atom. The lowest BCUT2D eigenvalue weighted by Crippen LogP contribution is -2.50. The van der Waals surface area contributed by atoms with Crippen LogP contribution in [0.4, 0.5) is 5.69 Å². The van der Waals surface area contributed by atoms with Gasteiger partial charge >= 0.3 is 0 Å². The number of nitro groups is 1. The van der Waals surface area contributed by atoms with Crippen LogP contribution in [0.5, 0.6) is 0 Å². The SMILES string of the molecule is CC(C)C(NC(=O)c1ccc(Cl)c([N+](=O)[O-])c1)C(=O)NCCc1cnn(-c2ccccc2)c1. The number of aromatic nitrogens is 2. The van der Waals surface area contributed by atoms with Crippen LogP contribution in [-0.2, 0) is 11.2 Å². The Hall–Kier alpha value is -3.72. The first-order valence-electron chi connectivity index (χ1n) is 10.4. The highest BCUT2D eigenvalue weighted by molar-refractivity contribution is 6.32. The molecule has 0 aliphatic heterocycles. The Morgan fingerprint density at radius 2 is 1.91 bits per heavy atom. The zero-order valence-corrected chi connectivity index (χ0v) is 19.0. The third-order valence-electron chi connectivity index (χ3n) is 5.01. The normalized spacial score (nSPS) is 11.8. The highest BCUT2D eigenvalue weighted by atomic mass is 35.5. The van der Waals surface area contributed by atoms with Crippen LogP contribution in [0.15, 0.2) is 60.9 Å². The van der Waals surface area contributed by atoms with Gasteiger partial charge in [-0.05, 0) is 42.2 Å². The van der Waals surface area contributed by atoms with E-state index in [4.69, 9.17) is 11.6 Å². The molecule has 3 rings (SSSR count). The van der Waals surface area contributed by atoms with Gasteiger partial charge in [0.1, 0.15) is 11.1 Å². The molecule has 0 radical (unpaired) electrons. The molecule has 0 saturated heterocycles. The number of carbonyl (C=O) groups is 2. The molecule has 0 spiro atoms. The molecule has 0 bridgehead atoms. The van der Waals surface area contributed by atoms with Gasteiger partial charge in [0.05, 0.1) is 16.8 Å². The van der Waals surface area contributed by atoms with E-state index in [0.717, 1.165) is 17.3 Å². The van der Waals surface area contributed by atoms with Crippen molar-refractivity contribution in [2.45, 2.75) is 26.3 Å². The largest absolute Gasteiger partial charge is 0.354 e. The van der Waals surface area contributed by atoms with Gasteiger partial charge in [-0.2, -0.15) is 5.10 Å². The molecule has 1 heterocycles.